The molecule has 0 spiro atoms. The molecule has 0 radical (unpaired) electrons. The van der Waals surface area contributed by atoms with E-state index in [1.54, 1.807) is 30.3 Å². The van der Waals surface area contributed by atoms with Crippen molar-refractivity contribution in [3.8, 4) is 0 Å². The molecular formula is C11H16ClNO2S. The number of hydrogen-bond donors (Lipinski definition) is 1. The summed E-state index contributed by atoms with van der Waals surface area (Å²) in [5, 5.41) is 0. The van der Waals surface area contributed by atoms with E-state index in [1.807, 2.05) is 6.92 Å². The van der Waals surface area contributed by atoms with Gasteiger partial charge in [0.2, 0.25) is 10.0 Å². The fourth-order valence-electron chi connectivity index (χ4n) is 1.37. The van der Waals surface area contributed by atoms with Gasteiger partial charge in [0.15, 0.2) is 0 Å². The number of halogens is 1. The lowest BCUT2D eigenvalue weighted by Gasteiger charge is -2.13. The summed E-state index contributed by atoms with van der Waals surface area (Å²) < 4.78 is 26.3. The molecule has 1 N–H and O–H groups in total. The molecule has 0 aliphatic rings. The Balaban J connectivity index is 2.66. The Bertz CT molecular complexity index is 405. The summed E-state index contributed by atoms with van der Waals surface area (Å²) in [5.41, 5.74) is 0. The third-order valence-corrected chi connectivity index (χ3v) is 4.05. The van der Waals surface area contributed by atoms with E-state index in [2.05, 4.69) is 4.72 Å². The molecule has 16 heavy (non-hydrogen) atoms. The van der Waals surface area contributed by atoms with Crippen LogP contribution in [0.3, 0.4) is 0 Å². The van der Waals surface area contributed by atoms with Crippen LogP contribution in [0.4, 0.5) is 0 Å². The maximum absolute atomic E-state index is 11.9. The van der Waals surface area contributed by atoms with Crippen molar-refractivity contribution in [2.24, 2.45) is 0 Å². The average molecular weight is 262 g/mol. The van der Waals surface area contributed by atoms with Crippen LogP contribution < -0.4 is 4.72 Å². The Morgan fingerprint density at radius 1 is 1.31 bits per heavy atom. The largest absolute Gasteiger partial charge is 0.240 e. The van der Waals surface area contributed by atoms with E-state index in [0.717, 1.165) is 12.8 Å². The highest BCUT2D eigenvalue weighted by Crippen LogP contribution is 2.09. The van der Waals surface area contributed by atoms with Crippen LogP contribution in [-0.4, -0.2) is 20.3 Å². The van der Waals surface area contributed by atoms with Crippen LogP contribution in [0.5, 0.6) is 0 Å². The normalized spacial score (nSPS) is 13.6. The molecule has 1 rings (SSSR count). The van der Waals surface area contributed by atoms with Crippen LogP contribution in [0.25, 0.3) is 0 Å². The van der Waals surface area contributed by atoms with E-state index in [4.69, 9.17) is 11.6 Å². The second-order valence-corrected chi connectivity index (χ2v) is 5.76. The Kier molecular flexibility index (Phi) is 5.25. The molecule has 90 valence electrons. The van der Waals surface area contributed by atoms with Crippen LogP contribution in [0.2, 0.25) is 0 Å². The molecule has 0 amide bonds. The molecule has 0 fully saturated rings. The molecule has 0 aliphatic carbocycles. The zero-order valence-electron chi connectivity index (χ0n) is 9.19. The van der Waals surface area contributed by atoms with Gasteiger partial charge in [-0.1, -0.05) is 18.2 Å². The summed E-state index contributed by atoms with van der Waals surface area (Å²) in [6.45, 7) is 1.84. The van der Waals surface area contributed by atoms with Crippen LogP contribution in [-0.2, 0) is 10.0 Å². The van der Waals surface area contributed by atoms with Crippen molar-refractivity contribution in [3.63, 3.8) is 0 Å². The molecule has 0 aliphatic heterocycles. The van der Waals surface area contributed by atoms with Gasteiger partial charge in [-0.3, -0.25) is 0 Å². The summed E-state index contributed by atoms with van der Waals surface area (Å²) in [5.74, 6) is 0.553. The summed E-state index contributed by atoms with van der Waals surface area (Å²) in [4.78, 5) is 0.299. The number of benzene rings is 1. The maximum Gasteiger partial charge on any atom is 0.240 e. The third kappa shape index (κ3) is 4.12. The van der Waals surface area contributed by atoms with Crippen molar-refractivity contribution in [2.75, 3.05) is 5.88 Å². The Hall–Kier alpha value is -0.580. The van der Waals surface area contributed by atoms with E-state index in [1.165, 1.54) is 0 Å². The molecular weight excluding hydrogens is 246 g/mol. The van der Waals surface area contributed by atoms with E-state index >= 15 is 0 Å². The van der Waals surface area contributed by atoms with Crippen molar-refractivity contribution < 1.29 is 8.42 Å². The first-order chi connectivity index (χ1) is 7.56. The highest BCUT2D eigenvalue weighted by Gasteiger charge is 2.16. The van der Waals surface area contributed by atoms with Crippen molar-refractivity contribution in [1.29, 1.82) is 0 Å². The first kappa shape index (κ1) is 13.5. The lowest BCUT2D eigenvalue weighted by Crippen LogP contribution is -2.32. The van der Waals surface area contributed by atoms with Gasteiger partial charge >= 0.3 is 0 Å². The predicted molar refractivity (Wildman–Crippen MR) is 66.2 cm³/mol. The van der Waals surface area contributed by atoms with Crippen molar-refractivity contribution in [3.05, 3.63) is 30.3 Å². The molecule has 1 unspecified atom stereocenters. The first-order valence-electron chi connectivity index (χ1n) is 5.19. The monoisotopic (exact) mass is 261 g/mol. The molecule has 1 aromatic rings. The van der Waals surface area contributed by atoms with Gasteiger partial charge in [0.25, 0.3) is 0 Å². The van der Waals surface area contributed by atoms with Gasteiger partial charge in [-0.15, -0.1) is 11.6 Å². The number of nitrogens with one attached hydrogen (secondary N) is 1. The fourth-order valence-corrected chi connectivity index (χ4v) is 2.83. The van der Waals surface area contributed by atoms with Gasteiger partial charge in [0.1, 0.15) is 0 Å². The molecule has 0 aromatic heterocycles. The van der Waals surface area contributed by atoms with E-state index in [9.17, 15) is 8.42 Å². The second kappa shape index (κ2) is 6.23. The minimum Gasteiger partial charge on any atom is -0.208 e. The number of alkyl halides is 1. The van der Waals surface area contributed by atoms with Crippen LogP contribution >= 0.6 is 11.6 Å². The van der Waals surface area contributed by atoms with Gasteiger partial charge in [-0.05, 0) is 31.9 Å². The summed E-state index contributed by atoms with van der Waals surface area (Å²) in [6, 6.07) is 8.27. The molecule has 5 heteroatoms. The van der Waals surface area contributed by atoms with Gasteiger partial charge < -0.3 is 0 Å². The second-order valence-electron chi connectivity index (χ2n) is 3.67. The van der Waals surface area contributed by atoms with E-state index < -0.39 is 10.0 Å². The predicted octanol–water partition coefficient (Wildman–Crippen LogP) is 2.37. The molecule has 0 saturated heterocycles. The maximum atomic E-state index is 11.9. The van der Waals surface area contributed by atoms with Crippen molar-refractivity contribution in [1.82, 2.24) is 4.72 Å². The summed E-state index contributed by atoms with van der Waals surface area (Å²) in [6.07, 6.45) is 1.55. The SMILES string of the molecule is CC(CCCCl)NS(=O)(=O)c1ccccc1. The highest BCUT2D eigenvalue weighted by atomic mass is 35.5. The number of hydrogen-bond acceptors (Lipinski definition) is 2. The zero-order valence-corrected chi connectivity index (χ0v) is 10.8. The lowest BCUT2D eigenvalue weighted by atomic mass is 10.2. The van der Waals surface area contributed by atoms with Crippen LogP contribution in [0.15, 0.2) is 35.2 Å². The van der Waals surface area contributed by atoms with Gasteiger partial charge in [0.05, 0.1) is 4.90 Å². The summed E-state index contributed by atoms with van der Waals surface area (Å²) >= 11 is 5.56. The number of rotatable bonds is 6. The molecule has 0 bridgehead atoms. The van der Waals surface area contributed by atoms with Crippen molar-refractivity contribution >= 4 is 21.6 Å². The molecule has 3 nitrogen and oxygen atoms in total. The average Bonchev–Trinajstić information content (AvgIpc) is 2.27. The lowest BCUT2D eigenvalue weighted by molar-refractivity contribution is 0.544. The Labute approximate surface area is 102 Å². The van der Waals surface area contributed by atoms with E-state index in [0.29, 0.717) is 10.8 Å². The summed E-state index contributed by atoms with van der Waals surface area (Å²) in [7, 11) is -3.38. The molecule has 0 heterocycles. The van der Waals surface area contributed by atoms with Crippen LogP contribution in [0, 0.1) is 0 Å². The van der Waals surface area contributed by atoms with Crippen LogP contribution in [0.1, 0.15) is 19.8 Å². The third-order valence-electron chi connectivity index (χ3n) is 2.18. The van der Waals surface area contributed by atoms with Gasteiger partial charge in [-0.25, -0.2) is 13.1 Å². The fraction of sp³-hybridized carbons (Fsp3) is 0.455. The Morgan fingerprint density at radius 3 is 2.50 bits per heavy atom. The quantitative estimate of drug-likeness (QED) is 0.799. The zero-order chi connectivity index (χ0) is 12.0. The van der Waals surface area contributed by atoms with E-state index in [-0.39, 0.29) is 6.04 Å². The minimum atomic E-state index is -3.38. The molecule has 0 saturated carbocycles. The standard InChI is InChI=1S/C11H16ClNO2S/c1-10(6-5-9-12)13-16(14,15)11-7-3-2-4-8-11/h2-4,7-8,10,13H,5-6,9H2,1H3. The minimum absolute atomic E-state index is 0.0936. The van der Waals surface area contributed by atoms with Crippen molar-refractivity contribution in [2.45, 2.75) is 30.7 Å². The molecule has 1 atom stereocenters. The van der Waals surface area contributed by atoms with Gasteiger partial charge in [0, 0.05) is 11.9 Å². The highest BCUT2D eigenvalue weighted by molar-refractivity contribution is 7.89. The van der Waals surface area contributed by atoms with Gasteiger partial charge in [-0.2, -0.15) is 0 Å². The first-order valence-corrected chi connectivity index (χ1v) is 7.21. The topological polar surface area (TPSA) is 46.2 Å². The molecule has 1 aromatic carbocycles. The number of sulfonamides is 1. The Morgan fingerprint density at radius 2 is 1.94 bits per heavy atom. The smallest absolute Gasteiger partial charge is 0.208 e.